The fourth-order valence-corrected chi connectivity index (χ4v) is 3.89. The molecule has 114 valence electrons. The summed E-state index contributed by atoms with van der Waals surface area (Å²) in [6.45, 7) is 1.98. The zero-order valence-electron chi connectivity index (χ0n) is 11.8. The summed E-state index contributed by atoms with van der Waals surface area (Å²) >= 11 is 1.56. The fraction of sp³-hybridized carbons (Fsp3) is 0.643. The van der Waals surface area contributed by atoms with Crippen molar-refractivity contribution in [2.24, 2.45) is 5.92 Å². The molecule has 0 radical (unpaired) electrons. The molecule has 1 aromatic heterocycles. The number of carboxylic acid groups (broad SMARTS) is 1. The first-order valence-corrected chi connectivity index (χ1v) is 8.22. The summed E-state index contributed by atoms with van der Waals surface area (Å²) in [6, 6.07) is -0.127. The van der Waals surface area contributed by atoms with Gasteiger partial charge in [0.05, 0.1) is 5.92 Å². The first-order chi connectivity index (χ1) is 10.2. The van der Waals surface area contributed by atoms with Gasteiger partial charge >= 0.3 is 5.97 Å². The summed E-state index contributed by atoms with van der Waals surface area (Å²) in [5, 5.41) is 11.9. The largest absolute Gasteiger partial charge is 0.481 e. The number of aliphatic carboxylic acids is 1. The number of hydrogen-bond acceptors (Lipinski definition) is 5. The van der Waals surface area contributed by atoms with Gasteiger partial charge in [0.15, 0.2) is 5.13 Å². The van der Waals surface area contributed by atoms with Gasteiger partial charge in [-0.1, -0.05) is 0 Å². The molecule has 1 amide bonds. The topological polar surface area (TPSA) is 73.7 Å². The molecule has 3 rings (SSSR count). The molecule has 2 fully saturated rings. The van der Waals surface area contributed by atoms with Gasteiger partial charge < -0.3 is 14.9 Å². The maximum atomic E-state index is 12.7. The Labute approximate surface area is 127 Å². The number of thiazole rings is 1. The van der Waals surface area contributed by atoms with Crippen molar-refractivity contribution in [3.63, 3.8) is 0 Å². The molecule has 0 aliphatic carbocycles. The molecular weight excluding hydrogens is 290 g/mol. The second kappa shape index (κ2) is 6.01. The number of anilines is 1. The predicted molar refractivity (Wildman–Crippen MR) is 79.4 cm³/mol. The Morgan fingerprint density at radius 3 is 2.62 bits per heavy atom. The van der Waals surface area contributed by atoms with E-state index in [2.05, 4.69) is 9.88 Å². The van der Waals surface area contributed by atoms with E-state index in [4.69, 9.17) is 5.11 Å². The zero-order valence-corrected chi connectivity index (χ0v) is 12.6. The summed E-state index contributed by atoms with van der Waals surface area (Å²) in [6.07, 6.45) is 4.74. The molecule has 0 bridgehead atoms. The number of likely N-dealkylation sites (tertiary alicyclic amines) is 1. The van der Waals surface area contributed by atoms with Crippen LogP contribution in [0.1, 0.15) is 25.7 Å². The molecule has 0 saturated carbocycles. The highest BCUT2D eigenvalue weighted by Crippen LogP contribution is 2.29. The lowest BCUT2D eigenvalue weighted by atomic mass is 9.96. The van der Waals surface area contributed by atoms with E-state index in [9.17, 15) is 9.59 Å². The second-order valence-electron chi connectivity index (χ2n) is 5.60. The molecule has 1 N–H and O–H groups in total. The van der Waals surface area contributed by atoms with E-state index in [0.717, 1.165) is 24.5 Å². The van der Waals surface area contributed by atoms with E-state index >= 15 is 0 Å². The molecule has 6 nitrogen and oxygen atoms in total. The highest BCUT2D eigenvalue weighted by atomic mass is 32.1. The van der Waals surface area contributed by atoms with E-state index in [1.807, 2.05) is 10.3 Å². The Bertz CT molecular complexity index is 512. The minimum absolute atomic E-state index is 0.127. The van der Waals surface area contributed by atoms with Gasteiger partial charge in [-0.25, -0.2) is 4.98 Å². The molecule has 1 aromatic rings. The normalized spacial score (nSPS) is 23.5. The van der Waals surface area contributed by atoms with Crippen molar-refractivity contribution in [2.45, 2.75) is 31.7 Å². The molecule has 2 aliphatic heterocycles. The minimum Gasteiger partial charge on any atom is -0.481 e. The van der Waals surface area contributed by atoms with Gasteiger partial charge in [-0.2, -0.15) is 0 Å². The van der Waals surface area contributed by atoms with Crippen molar-refractivity contribution in [1.82, 2.24) is 9.88 Å². The maximum absolute atomic E-state index is 12.7. The van der Waals surface area contributed by atoms with Gasteiger partial charge in [0.1, 0.15) is 6.04 Å². The molecular formula is C14H19N3O3S. The van der Waals surface area contributed by atoms with Crippen LogP contribution in [0.2, 0.25) is 0 Å². The van der Waals surface area contributed by atoms with Crippen molar-refractivity contribution in [3.8, 4) is 0 Å². The van der Waals surface area contributed by atoms with Gasteiger partial charge in [-0.3, -0.25) is 9.59 Å². The highest BCUT2D eigenvalue weighted by molar-refractivity contribution is 7.13. The van der Waals surface area contributed by atoms with Gasteiger partial charge in [0.2, 0.25) is 5.91 Å². The highest BCUT2D eigenvalue weighted by Gasteiger charge is 2.36. The average molecular weight is 309 g/mol. The van der Waals surface area contributed by atoms with Crippen LogP contribution in [0.15, 0.2) is 11.6 Å². The fourth-order valence-electron chi connectivity index (χ4n) is 3.17. The van der Waals surface area contributed by atoms with Crippen LogP contribution in [-0.4, -0.2) is 52.5 Å². The molecule has 2 aliphatic rings. The Morgan fingerprint density at radius 1 is 1.24 bits per heavy atom. The standard InChI is InChI=1S/C14H19N3O3S/c18-12(16-7-3-10(4-8-16)13(19)20)11-2-1-6-17(11)14-15-5-9-21-14/h5,9-11H,1-4,6-8H2,(H,19,20). The molecule has 0 aromatic carbocycles. The van der Waals surface area contributed by atoms with Crippen LogP contribution in [0.25, 0.3) is 0 Å². The SMILES string of the molecule is O=C(O)C1CCN(C(=O)C2CCCN2c2nccs2)CC1. The van der Waals surface area contributed by atoms with E-state index in [0.29, 0.717) is 25.9 Å². The van der Waals surface area contributed by atoms with Crippen molar-refractivity contribution in [2.75, 3.05) is 24.5 Å². The van der Waals surface area contributed by atoms with Crippen LogP contribution in [-0.2, 0) is 9.59 Å². The number of carboxylic acids is 1. The molecule has 2 saturated heterocycles. The van der Waals surface area contributed by atoms with Gasteiger partial charge in [-0.15, -0.1) is 11.3 Å². The van der Waals surface area contributed by atoms with Crippen LogP contribution < -0.4 is 4.90 Å². The van der Waals surface area contributed by atoms with E-state index in [1.54, 1.807) is 17.5 Å². The van der Waals surface area contributed by atoms with Crippen LogP contribution in [0, 0.1) is 5.92 Å². The van der Waals surface area contributed by atoms with Gasteiger partial charge in [0, 0.05) is 31.2 Å². The lowest BCUT2D eigenvalue weighted by molar-refractivity contribution is -0.146. The minimum atomic E-state index is -0.743. The van der Waals surface area contributed by atoms with Crippen molar-refractivity contribution in [1.29, 1.82) is 0 Å². The van der Waals surface area contributed by atoms with E-state index in [1.165, 1.54) is 0 Å². The molecule has 1 atom stereocenters. The number of rotatable bonds is 3. The number of carbonyl (C=O) groups excluding carboxylic acids is 1. The Balaban J connectivity index is 1.64. The quantitative estimate of drug-likeness (QED) is 0.914. The van der Waals surface area contributed by atoms with Crippen LogP contribution in [0.5, 0.6) is 0 Å². The third kappa shape index (κ3) is 2.88. The van der Waals surface area contributed by atoms with Crippen LogP contribution in [0.4, 0.5) is 5.13 Å². The first-order valence-electron chi connectivity index (χ1n) is 7.34. The first kappa shape index (κ1) is 14.3. The number of piperidine rings is 1. The van der Waals surface area contributed by atoms with Gasteiger partial charge in [0.25, 0.3) is 0 Å². The molecule has 1 unspecified atom stereocenters. The van der Waals surface area contributed by atoms with E-state index < -0.39 is 5.97 Å². The smallest absolute Gasteiger partial charge is 0.306 e. The van der Waals surface area contributed by atoms with Crippen molar-refractivity contribution < 1.29 is 14.7 Å². The third-order valence-electron chi connectivity index (χ3n) is 4.36. The molecule has 3 heterocycles. The van der Waals surface area contributed by atoms with Crippen LogP contribution >= 0.6 is 11.3 Å². The summed E-state index contributed by atoms with van der Waals surface area (Å²) in [5.74, 6) is -0.911. The van der Waals surface area contributed by atoms with Crippen molar-refractivity contribution >= 4 is 28.3 Å². The Kier molecular flexibility index (Phi) is 4.10. The summed E-state index contributed by atoms with van der Waals surface area (Å²) in [7, 11) is 0. The predicted octanol–water partition coefficient (Wildman–Crippen LogP) is 1.44. The summed E-state index contributed by atoms with van der Waals surface area (Å²) < 4.78 is 0. The maximum Gasteiger partial charge on any atom is 0.306 e. The Morgan fingerprint density at radius 2 is 2.00 bits per heavy atom. The zero-order chi connectivity index (χ0) is 14.8. The number of hydrogen-bond donors (Lipinski definition) is 1. The Hall–Kier alpha value is -1.63. The molecule has 7 heteroatoms. The average Bonchev–Trinajstić information content (AvgIpc) is 3.17. The summed E-state index contributed by atoms with van der Waals surface area (Å²) in [5.41, 5.74) is 0. The lowest BCUT2D eigenvalue weighted by Gasteiger charge is -2.34. The lowest BCUT2D eigenvalue weighted by Crippen LogP contribution is -2.49. The van der Waals surface area contributed by atoms with E-state index in [-0.39, 0.29) is 17.9 Å². The van der Waals surface area contributed by atoms with Crippen LogP contribution in [0.3, 0.4) is 0 Å². The van der Waals surface area contributed by atoms with Gasteiger partial charge in [-0.05, 0) is 25.7 Å². The number of nitrogens with zero attached hydrogens (tertiary/aromatic N) is 3. The second-order valence-corrected chi connectivity index (χ2v) is 6.48. The number of carbonyl (C=O) groups is 2. The summed E-state index contributed by atoms with van der Waals surface area (Å²) in [4.78, 5) is 31.9. The molecule has 0 spiro atoms. The number of amides is 1. The molecule has 21 heavy (non-hydrogen) atoms. The monoisotopic (exact) mass is 309 g/mol. The van der Waals surface area contributed by atoms with Crippen molar-refractivity contribution in [3.05, 3.63) is 11.6 Å². The number of aromatic nitrogens is 1. The third-order valence-corrected chi connectivity index (χ3v) is 5.17.